The zero-order valence-corrected chi connectivity index (χ0v) is 14.2. The Morgan fingerprint density at radius 2 is 2.08 bits per heavy atom. The monoisotopic (exact) mass is 344 g/mol. The molecule has 1 aliphatic heterocycles. The van der Waals surface area contributed by atoms with Crippen LogP contribution in [-0.4, -0.2) is 25.0 Å². The maximum Gasteiger partial charge on any atom is 0.265 e. The molecule has 0 spiro atoms. The van der Waals surface area contributed by atoms with Crippen LogP contribution in [0.2, 0.25) is 5.02 Å². The van der Waals surface area contributed by atoms with Crippen LogP contribution < -0.4 is 15.0 Å². The third kappa shape index (κ3) is 3.21. The Balaban J connectivity index is 1.79. The molecular formula is C18H17ClN2O3. The van der Waals surface area contributed by atoms with Crippen LogP contribution >= 0.6 is 11.6 Å². The highest BCUT2D eigenvalue weighted by Gasteiger charge is 2.27. The maximum atomic E-state index is 12.4. The lowest BCUT2D eigenvalue weighted by atomic mass is 10.1. The molecule has 0 aromatic heterocycles. The fourth-order valence-electron chi connectivity index (χ4n) is 2.56. The molecule has 0 atom stereocenters. The maximum absolute atomic E-state index is 12.4. The van der Waals surface area contributed by atoms with E-state index in [-0.39, 0.29) is 25.0 Å². The molecule has 1 heterocycles. The molecular weight excluding hydrogens is 328 g/mol. The Labute approximate surface area is 145 Å². The molecule has 0 fully saturated rings. The number of nitrogens with zero attached hydrogens (tertiary/aromatic N) is 1. The average Bonchev–Trinajstić information content (AvgIpc) is 2.54. The molecule has 2 amide bonds. The summed E-state index contributed by atoms with van der Waals surface area (Å²) < 4.78 is 5.44. The average molecular weight is 345 g/mol. The highest BCUT2D eigenvalue weighted by atomic mass is 35.5. The number of anilines is 2. The van der Waals surface area contributed by atoms with Gasteiger partial charge in [0.25, 0.3) is 5.91 Å². The largest absolute Gasteiger partial charge is 0.482 e. The van der Waals surface area contributed by atoms with Crippen molar-refractivity contribution in [1.82, 2.24) is 0 Å². The molecule has 124 valence electrons. The second kappa shape index (κ2) is 6.53. The lowest BCUT2D eigenvalue weighted by molar-refractivity contribution is -0.123. The molecule has 0 bridgehead atoms. The van der Waals surface area contributed by atoms with Gasteiger partial charge in [-0.25, -0.2) is 0 Å². The molecule has 2 aromatic rings. The highest BCUT2D eigenvalue weighted by Crippen LogP contribution is 2.32. The smallest absolute Gasteiger partial charge is 0.265 e. The van der Waals surface area contributed by atoms with Crippen LogP contribution in [0.3, 0.4) is 0 Å². The molecule has 0 saturated heterocycles. The number of benzene rings is 2. The van der Waals surface area contributed by atoms with Crippen LogP contribution in [0.1, 0.15) is 11.1 Å². The molecule has 3 rings (SSSR count). The van der Waals surface area contributed by atoms with Crippen molar-refractivity contribution in [1.29, 1.82) is 0 Å². The van der Waals surface area contributed by atoms with E-state index in [1.165, 1.54) is 4.90 Å². The lowest BCUT2D eigenvalue weighted by Crippen LogP contribution is -2.43. The number of nitrogens with one attached hydrogen (secondary N) is 1. The molecule has 1 aliphatic rings. The molecule has 5 nitrogen and oxygen atoms in total. The van der Waals surface area contributed by atoms with E-state index in [9.17, 15) is 9.59 Å². The first kappa shape index (κ1) is 16.3. The van der Waals surface area contributed by atoms with Gasteiger partial charge in [-0.2, -0.15) is 0 Å². The van der Waals surface area contributed by atoms with Crippen LogP contribution in [0.25, 0.3) is 0 Å². The van der Waals surface area contributed by atoms with Gasteiger partial charge in [0.05, 0.1) is 5.69 Å². The zero-order valence-electron chi connectivity index (χ0n) is 13.4. The summed E-state index contributed by atoms with van der Waals surface area (Å²) in [6.07, 6.45) is 0. The number of rotatable bonds is 3. The summed E-state index contributed by atoms with van der Waals surface area (Å²) in [7, 11) is 0. The van der Waals surface area contributed by atoms with Gasteiger partial charge in [-0.15, -0.1) is 0 Å². The van der Waals surface area contributed by atoms with Gasteiger partial charge in [0.15, 0.2) is 6.61 Å². The van der Waals surface area contributed by atoms with Crippen molar-refractivity contribution >= 4 is 34.8 Å². The van der Waals surface area contributed by atoms with E-state index in [4.69, 9.17) is 16.3 Å². The van der Waals surface area contributed by atoms with Crippen LogP contribution in [-0.2, 0) is 9.59 Å². The molecule has 1 N–H and O–H groups in total. The number of carbonyl (C=O) groups is 2. The van der Waals surface area contributed by atoms with Crippen LogP contribution in [0.5, 0.6) is 5.75 Å². The van der Waals surface area contributed by atoms with Gasteiger partial charge < -0.3 is 10.1 Å². The van der Waals surface area contributed by atoms with Crippen molar-refractivity contribution in [2.45, 2.75) is 13.8 Å². The van der Waals surface area contributed by atoms with E-state index in [2.05, 4.69) is 5.32 Å². The minimum absolute atomic E-state index is 0.0695. The first-order chi connectivity index (χ1) is 11.5. The molecule has 0 aliphatic carbocycles. The molecule has 2 aromatic carbocycles. The third-order valence-corrected chi connectivity index (χ3v) is 4.31. The first-order valence-corrected chi connectivity index (χ1v) is 7.92. The van der Waals surface area contributed by atoms with Crippen molar-refractivity contribution in [2.24, 2.45) is 0 Å². The summed E-state index contributed by atoms with van der Waals surface area (Å²) in [6.45, 7) is 3.62. The van der Waals surface area contributed by atoms with E-state index in [0.717, 1.165) is 11.1 Å². The molecule has 6 heteroatoms. The van der Waals surface area contributed by atoms with Crippen molar-refractivity contribution in [3.05, 3.63) is 52.5 Å². The second-order valence-electron chi connectivity index (χ2n) is 5.70. The summed E-state index contributed by atoms with van der Waals surface area (Å²) in [5.41, 5.74) is 3.06. The molecule has 24 heavy (non-hydrogen) atoms. The van der Waals surface area contributed by atoms with Gasteiger partial charge in [-0.3, -0.25) is 14.5 Å². The fourth-order valence-corrected chi connectivity index (χ4v) is 2.74. The van der Waals surface area contributed by atoms with Gasteiger partial charge in [0.1, 0.15) is 12.3 Å². The standard InChI is InChI=1S/C18H17ClN2O3/c1-11-6-7-15-16(8-11)24-10-18(23)21(15)9-17(22)20-14-5-3-4-13(19)12(14)2/h3-8H,9-10H2,1-2H3,(H,20,22). The van der Waals surface area contributed by atoms with Gasteiger partial charge in [0, 0.05) is 10.7 Å². The Morgan fingerprint density at radius 1 is 1.29 bits per heavy atom. The quantitative estimate of drug-likeness (QED) is 0.929. The Hall–Kier alpha value is -2.53. The topological polar surface area (TPSA) is 58.6 Å². The zero-order chi connectivity index (χ0) is 17.3. The number of amides is 2. The van der Waals surface area contributed by atoms with Crippen molar-refractivity contribution < 1.29 is 14.3 Å². The van der Waals surface area contributed by atoms with E-state index in [0.29, 0.717) is 22.1 Å². The Morgan fingerprint density at radius 3 is 2.88 bits per heavy atom. The number of hydrogen-bond acceptors (Lipinski definition) is 3. The third-order valence-electron chi connectivity index (χ3n) is 3.90. The highest BCUT2D eigenvalue weighted by molar-refractivity contribution is 6.31. The van der Waals surface area contributed by atoms with Crippen LogP contribution in [0.15, 0.2) is 36.4 Å². The van der Waals surface area contributed by atoms with E-state index in [1.54, 1.807) is 24.3 Å². The van der Waals surface area contributed by atoms with Gasteiger partial charge in [-0.05, 0) is 49.2 Å². The number of aryl methyl sites for hydroxylation is 1. The van der Waals surface area contributed by atoms with E-state index >= 15 is 0 Å². The number of halogens is 1. The lowest BCUT2D eigenvalue weighted by Gasteiger charge is -2.29. The molecule has 0 saturated carbocycles. The minimum Gasteiger partial charge on any atom is -0.482 e. The minimum atomic E-state index is -0.290. The normalized spacial score (nSPS) is 13.3. The summed E-state index contributed by atoms with van der Waals surface area (Å²) in [5, 5.41) is 3.38. The van der Waals surface area contributed by atoms with Gasteiger partial charge in [0.2, 0.25) is 5.91 Å². The number of ether oxygens (including phenoxy) is 1. The summed E-state index contributed by atoms with van der Waals surface area (Å²) in [4.78, 5) is 26.0. The van der Waals surface area contributed by atoms with Crippen LogP contribution in [0, 0.1) is 13.8 Å². The Bertz CT molecular complexity index is 820. The van der Waals surface area contributed by atoms with Crippen molar-refractivity contribution in [3.8, 4) is 5.75 Å². The van der Waals surface area contributed by atoms with Gasteiger partial charge >= 0.3 is 0 Å². The van der Waals surface area contributed by atoms with Crippen molar-refractivity contribution in [2.75, 3.05) is 23.4 Å². The summed E-state index contributed by atoms with van der Waals surface area (Å²) in [5.74, 6) is 0.0767. The predicted molar refractivity (Wildman–Crippen MR) is 93.8 cm³/mol. The summed E-state index contributed by atoms with van der Waals surface area (Å²) >= 11 is 6.06. The molecule has 0 radical (unpaired) electrons. The SMILES string of the molecule is Cc1ccc2c(c1)OCC(=O)N2CC(=O)Nc1cccc(Cl)c1C. The first-order valence-electron chi connectivity index (χ1n) is 7.54. The second-order valence-corrected chi connectivity index (χ2v) is 6.11. The number of carbonyl (C=O) groups excluding carboxylic acids is 2. The van der Waals surface area contributed by atoms with Crippen molar-refractivity contribution in [3.63, 3.8) is 0 Å². The van der Waals surface area contributed by atoms with Crippen LogP contribution in [0.4, 0.5) is 11.4 Å². The predicted octanol–water partition coefficient (Wildman–Crippen LogP) is 3.32. The summed E-state index contributed by atoms with van der Waals surface area (Å²) in [6, 6.07) is 10.8. The van der Waals surface area contributed by atoms with E-state index in [1.807, 2.05) is 26.0 Å². The fraction of sp³-hybridized carbons (Fsp3) is 0.222. The Kier molecular flexibility index (Phi) is 4.44. The number of hydrogen-bond donors (Lipinski definition) is 1. The van der Waals surface area contributed by atoms with E-state index < -0.39 is 0 Å². The number of fused-ring (bicyclic) bond motifs is 1. The molecule has 0 unspecified atom stereocenters. The van der Waals surface area contributed by atoms with Gasteiger partial charge in [-0.1, -0.05) is 23.7 Å².